The molecule has 2 heterocycles. The van der Waals surface area contributed by atoms with Gasteiger partial charge in [-0.2, -0.15) is 0 Å². The maximum absolute atomic E-state index is 6.06. The molecule has 0 aliphatic carbocycles. The van der Waals surface area contributed by atoms with E-state index in [4.69, 9.17) is 4.74 Å². The second-order valence-corrected chi connectivity index (χ2v) is 4.57. The molecule has 1 aromatic carbocycles. The molecule has 1 saturated heterocycles. The van der Waals surface area contributed by atoms with Crippen molar-refractivity contribution < 1.29 is 4.74 Å². The molecular weight excluding hydrogens is 234 g/mol. The quantitative estimate of drug-likeness (QED) is 0.829. The average molecular weight is 252 g/mol. The molecule has 0 aromatic heterocycles. The van der Waals surface area contributed by atoms with Crippen molar-refractivity contribution in [1.82, 2.24) is 5.32 Å². The highest BCUT2D eigenvalue weighted by atomic mass is 35.5. The number of fused-ring (bicyclic) bond motifs is 1. The molecule has 0 spiro atoms. The van der Waals surface area contributed by atoms with Gasteiger partial charge in [-0.3, -0.25) is 0 Å². The Morgan fingerprint density at radius 3 is 2.71 bits per heavy atom. The molecular formula is C14H18ClNO. The minimum atomic E-state index is 0. The number of rotatable bonds is 1. The Bertz CT molecular complexity index is 399. The van der Waals surface area contributed by atoms with Crippen LogP contribution in [0.3, 0.4) is 0 Å². The fraction of sp³-hybridized carbons (Fsp3) is 0.429. The molecule has 0 radical (unpaired) electrons. The van der Waals surface area contributed by atoms with E-state index in [1.54, 1.807) is 0 Å². The van der Waals surface area contributed by atoms with Crippen LogP contribution in [-0.4, -0.2) is 19.2 Å². The number of para-hydroxylation sites is 1. The average Bonchev–Trinajstić information content (AvgIpc) is 2.39. The van der Waals surface area contributed by atoms with E-state index in [2.05, 4.69) is 35.7 Å². The Morgan fingerprint density at radius 1 is 1.12 bits per heavy atom. The van der Waals surface area contributed by atoms with Crippen LogP contribution in [0.25, 0.3) is 6.08 Å². The topological polar surface area (TPSA) is 21.3 Å². The minimum Gasteiger partial charge on any atom is -0.485 e. The minimum absolute atomic E-state index is 0. The molecule has 2 aliphatic rings. The zero-order valence-electron chi connectivity index (χ0n) is 9.76. The number of piperidine rings is 1. The molecule has 3 heteroatoms. The van der Waals surface area contributed by atoms with Gasteiger partial charge in [0.1, 0.15) is 11.9 Å². The van der Waals surface area contributed by atoms with Gasteiger partial charge in [0.25, 0.3) is 0 Å². The van der Waals surface area contributed by atoms with Gasteiger partial charge in [0.05, 0.1) is 0 Å². The number of benzene rings is 1. The van der Waals surface area contributed by atoms with Gasteiger partial charge in [0.2, 0.25) is 0 Å². The van der Waals surface area contributed by atoms with E-state index >= 15 is 0 Å². The Balaban J connectivity index is 0.00000108. The van der Waals surface area contributed by atoms with Crippen molar-refractivity contribution in [2.45, 2.75) is 18.9 Å². The van der Waals surface area contributed by atoms with E-state index in [0.29, 0.717) is 5.92 Å². The Kier molecular flexibility index (Phi) is 4.08. The second-order valence-electron chi connectivity index (χ2n) is 4.57. The first-order chi connectivity index (χ1) is 7.93. The van der Waals surface area contributed by atoms with Crippen LogP contribution in [0.4, 0.5) is 0 Å². The third kappa shape index (κ3) is 2.64. The van der Waals surface area contributed by atoms with Gasteiger partial charge in [-0.05, 0) is 38.1 Å². The molecule has 1 unspecified atom stereocenters. The van der Waals surface area contributed by atoms with Crippen molar-refractivity contribution in [3.8, 4) is 5.75 Å². The molecule has 0 bridgehead atoms. The van der Waals surface area contributed by atoms with Crippen molar-refractivity contribution in [2.24, 2.45) is 5.92 Å². The number of nitrogens with one attached hydrogen (secondary N) is 1. The SMILES string of the molecule is C1=CC(C2CCNCC2)Oc2ccccc21.Cl. The molecule has 0 saturated carbocycles. The smallest absolute Gasteiger partial charge is 0.127 e. The summed E-state index contributed by atoms with van der Waals surface area (Å²) in [6.45, 7) is 2.25. The summed E-state index contributed by atoms with van der Waals surface area (Å²) >= 11 is 0. The molecule has 2 nitrogen and oxygen atoms in total. The second kappa shape index (κ2) is 5.56. The summed E-state index contributed by atoms with van der Waals surface area (Å²) in [5, 5.41) is 3.39. The summed E-state index contributed by atoms with van der Waals surface area (Å²) in [4.78, 5) is 0. The maximum atomic E-state index is 6.06. The van der Waals surface area contributed by atoms with Crippen LogP contribution in [0, 0.1) is 5.92 Å². The summed E-state index contributed by atoms with van der Waals surface area (Å²) in [6.07, 6.45) is 7.13. The third-order valence-electron chi connectivity index (χ3n) is 3.50. The van der Waals surface area contributed by atoms with Crippen LogP contribution in [0.2, 0.25) is 0 Å². The Hall–Kier alpha value is -0.990. The van der Waals surface area contributed by atoms with Gasteiger partial charge in [0.15, 0.2) is 0 Å². The maximum Gasteiger partial charge on any atom is 0.127 e. The summed E-state index contributed by atoms with van der Waals surface area (Å²) < 4.78 is 6.06. The van der Waals surface area contributed by atoms with E-state index < -0.39 is 0 Å². The lowest BCUT2D eigenvalue weighted by Crippen LogP contribution is -2.36. The monoisotopic (exact) mass is 251 g/mol. The zero-order chi connectivity index (χ0) is 10.8. The first kappa shape index (κ1) is 12.5. The van der Waals surface area contributed by atoms with Gasteiger partial charge in [0, 0.05) is 11.5 Å². The van der Waals surface area contributed by atoms with Crippen molar-refractivity contribution in [3.05, 3.63) is 35.9 Å². The third-order valence-corrected chi connectivity index (χ3v) is 3.50. The van der Waals surface area contributed by atoms with Crippen LogP contribution in [-0.2, 0) is 0 Å². The standard InChI is InChI=1S/C14H17NO.ClH/c1-2-4-13-11(3-1)5-6-14(16-13)12-7-9-15-10-8-12;/h1-6,12,14-15H,7-10H2;1H. The van der Waals surface area contributed by atoms with E-state index in [1.807, 2.05) is 6.07 Å². The van der Waals surface area contributed by atoms with Crippen LogP contribution in [0.15, 0.2) is 30.3 Å². The van der Waals surface area contributed by atoms with E-state index in [9.17, 15) is 0 Å². The van der Waals surface area contributed by atoms with Crippen LogP contribution in [0.5, 0.6) is 5.75 Å². The lowest BCUT2D eigenvalue weighted by molar-refractivity contribution is 0.149. The first-order valence-corrected chi connectivity index (χ1v) is 6.08. The highest BCUT2D eigenvalue weighted by molar-refractivity contribution is 5.85. The molecule has 2 aliphatic heterocycles. The summed E-state index contributed by atoms with van der Waals surface area (Å²) in [7, 11) is 0. The van der Waals surface area contributed by atoms with Gasteiger partial charge >= 0.3 is 0 Å². The van der Waals surface area contributed by atoms with Crippen molar-refractivity contribution in [3.63, 3.8) is 0 Å². The van der Waals surface area contributed by atoms with E-state index in [1.165, 1.54) is 18.4 Å². The van der Waals surface area contributed by atoms with E-state index in [0.717, 1.165) is 18.8 Å². The number of hydrogen-bond donors (Lipinski definition) is 1. The van der Waals surface area contributed by atoms with Crippen LogP contribution in [0.1, 0.15) is 18.4 Å². The molecule has 17 heavy (non-hydrogen) atoms. The molecule has 1 aromatic rings. The van der Waals surface area contributed by atoms with Gasteiger partial charge in [-0.25, -0.2) is 0 Å². The first-order valence-electron chi connectivity index (χ1n) is 6.08. The normalized spacial score (nSPS) is 23.4. The highest BCUT2D eigenvalue weighted by Gasteiger charge is 2.25. The van der Waals surface area contributed by atoms with Crippen LogP contribution >= 0.6 is 12.4 Å². The Morgan fingerprint density at radius 2 is 1.88 bits per heavy atom. The number of ether oxygens (including phenoxy) is 1. The van der Waals surface area contributed by atoms with Crippen molar-refractivity contribution >= 4 is 18.5 Å². The zero-order valence-corrected chi connectivity index (χ0v) is 10.6. The van der Waals surface area contributed by atoms with Gasteiger partial charge < -0.3 is 10.1 Å². The predicted molar refractivity (Wildman–Crippen MR) is 72.7 cm³/mol. The van der Waals surface area contributed by atoms with Gasteiger partial charge in [-0.15, -0.1) is 12.4 Å². The molecule has 1 atom stereocenters. The lowest BCUT2D eigenvalue weighted by Gasteiger charge is -2.31. The van der Waals surface area contributed by atoms with Gasteiger partial charge in [-0.1, -0.05) is 24.3 Å². The number of halogens is 1. The fourth-order valence-corrected chi connectivity index (χ4v) is 2.54. The highest BCUT2D eigenvalue weighted by Crippen LogP contribution is 2.30. The Labute approximate surface area is 108 Å². The fourth-order valence-electron chi connectivity index (χ4n) is 2.54. The van der Waals surface area contributed by atoms with E-state index in [-0.39, 0.29) is 18.5 Å². The number of hydrogen-bond acceptors (Lipinski definition) is 2. The largest absolute Gasteiger partial charge is 0.485 e. The summed E-state index contributed by atoms with van der Waals surface area (Å²) in [5.74, 6) is 1.71. The molecule has 3 rings (SSSR count). The lowest BCUT2D eigenvalue weighted by atomic mass is 9.90. The van der Waals surface area contributed by atoms with Crippen molar-refractivity contribution in [1.29, 1.82) is 0 Å². The molecule has 0 amide bonds. The summed E-state index contributed by atoms with van der Waals surface area (Å²) in [6, 6.07) is 8.26. The summed E-state index contributed by atoms with van der Waals surface area (Å²) in [5.41, 5.74) is 1.20. The molecule has 1 fully saturated rings. The van der Waals surface area contributed by atoms with Crippen LogP contribution < -0.4 is 10.1 Å². The molecule has 1 N–H and O–H groups in total. The van der Waals surface area contributed by atoms with Crippen molar-refractivity contribution in [2.75, 3.05) is 13.1 Å². The predicted octanol–water partition coefficient (Wildman–Crippen LogP) is 2.88. The molecule has 92 valence electrons.